The number of hydrogen-bond acceptors (Lipinski definition) is 2. The molecule has 0 amide bonds. The molecule has 0 aliphatic carbocycles. The number of rotatable bonds is 6. The second kappa shape index (κ2) is 6.71. The van der Waals surface area contributed by atoms with E-state index in [4.69, 9.17) is 0 Å². The average Bonchev–Trinajstić information content (AvgIpc) is 2.86. The molecular formula is C14H18BrN3. The third-order valence-electron chi connectivity index (χ3n) is 2.87. The average molecular weight is 308 g/mol. The van der Waals surface area contributed by atoms with Crippen molar-refractivity contribution < 1.29 is 0 Å². The molecule has 2 rings (SSSR count). The molecule has 1 aromatic heterocycles. The largest absolute Gasteiger partial charge is 0.313 e. The highest BCUT2D eigenvalue weighted by atomic mass is 79.9. The summed E-state index contributed by atoms with van der Waals surface area (Å²) in [6.07, 6.45) is 4.91. The molecule has 4 heteroatoms. The molecule has 0 saturated carbocycles. The summed E-state index contributed by atoms with van der Waals surface area (Å²) in [4.78, 5) is 0. The van der Waals surface area contributed by atoms with Gasteiger partial charge >= 0.3 is 0 Å². The van der Waals surface area contributed by atoms with Gasteiger partial charge in [0.25, 0.3) is 0 Å². The second-order valence-corrected chi connectivity index (χ2v) is 5.24. The van der Waals surface area contributed by atoms with E-state index in [1.165, 1.54) is 15.6 Å². The number of aromatic nitrogens is 2. The fourth-order valence-corrected chi connectivity index (χ4v) is 2.20. The Labute approximate surface area is 116 Å². The Kier molecular flexibility index (Phi) is 4.96. The van der Waals surface area contributed by atoms with E-state index in [1.54, 1.807) is 0 Å². The summed E-state index contributed by atoms with van der Waals surface area (Å²) in [6.45, 7) is 4.99. The predicted octanol–water partition coefficient (Wildman–Crippen LogP) is 3.13. The van der Waals surface area contributed by atoms with Crippen molar-refractivity contribution in [3.63, 3.8) is 0 Å². The maximum atomic E-state index is 4.18. The Bertz CT molecular complexity index is 480. The number of nitrogens with one attached hydrogen (secondary N) is 1. The lowest BCUT2D eigenvalue weighted by atomic mass is 10.1. The molecular weight excluding hydrogens is 290 g/mol. The monoisotopic (exact) mass is 307 g/mol. The van der Waals surface area contributed by atoms with Crippen LogP contribution in [0.4, 0.5) is 0 Å². The lowest BCUT2D eigenvalue weighted by molar-refractivity contribution is 0.543. The molecule has 0 unspecified atom stereocenters. The van der Waals surface area contributed by atoms with E-state index in [0.29, 0.717) is 0 Å². The zero-order valence-electron chi connectivity index (χ0n) is 10.6. The van der Waals surface area contributed by atoms with E-state index in [-0.39, 0.29) is 0 Å². The fraction of sp³-hybridized carbons (Fsp3) is 0.357. The summed E-state index contributed by atoms with van der Waals surface area (Å²) in [5.74, 6) is 0. The van der Waals surface area contributed by atoms with Gasteiger partial charge in [0.2, 0.25) is 0 Å². The first-order valence-electron chi connectivity index (χ1n) is 6.19. The molecule has 0 saturated heterocycles. The van der Waals surface area contributed by atoms with E-state index in [9.17, 15) is 0 Å². The molecule has 1 aromatic carbocycles. The Morgan fingerprint density at radius 3 is 3.00 bits per heavy atom. The van der Waals surface area contributed by atoms with Crippen LogP contribution in [-0.2, 0) is 13.1 Å². The van der Waals surface area contributed by atoms with Crippen LogP contribution in [0.5, 0.6) is 0 Å². The van der Waals surface area contributed by atoms with Crippen molar-refractivity contribution in [3.05, 3.63) is 52.3 Å². The molecule has 18 heavy (non-hydrogen) atoms. The standard InChI is InChI=1S/C14H18BrN3/c1-12-4-5-13(10-14(12)15)11-16-6-2-8-18-9-3-7-17-18/h3-5,7,9-10,16H,2,6,8,11H2,1H3. The van der Waals surface area contributed by atoms with E-state index in [1.807, 2.05) is 23.1 Å². The minimum Gasteiger partial charge on any atom is -0.313 e. The highest BCUT2D eigenvalue weighted by Gasteiger charge is 1.97. The molecule has 0 radical (unpaired) electrons. The van der Waals surface area contributed by atoms with Crippen LogP contribution in [0, 0.1) is 6.92 Å². The van der Waals surface area contributed by atoms with E-state index >= 15 is 0 Å². The summed E-state index contributed by atoms with van der Waals surface area (Å²) >= 11 is 3.56. The third kappa shape index (κ3) is 3.96. The van der Waals surface area contributed by atoms with Gasteiger partial charge in [0.05, 0.1) is 0 Å². The summed E-state index contributed by atoms with van der Waals surface area (Å²) in [5, 5.41) is 7.62. The predicted molar refractivity (Wildman–Crippen MR) is 77.4 cm³/mol. The minimum absolute atomic E-state index is 0.915. The molecule has 3 nitrogen and oxygen atoms in total. The van der Waals surface area contributed by atoms with Gasteiger partial charge in [-0.1, -0.05) is 28.1 Å². The second-order valence-electron chi connectivity index (χ2n) is 4.38. The number of hydrogen-bond donors (Lipinski definition) is 1. The van der Waals surface area contributed by atoms with Crippen molar-refractivity contribution in [2.45, 2.75) is 26.4 Å². The molecule has 0 atom stereocenters. The number of aryl methyl sites for hydroxylation is 2. The van der Waals surface area contributed by atoms with Crippen LogP contribution in [0.2, 0.25) is 0 Å². The molecule has 0 spiro atoms. The van der Waals surface area contributed by atoms with Crippen LogP contribution < -0.4 is 5.32 Å². The van der Waals surface area contributed by atoms with Crippen LogP contribution in [0.15, 0.2) is 41.1 Å². The van der Waals surface area contributed by atoms with Crippen molar-refractivity contribution >= 4 is 15.9 Å². The maximum Gasteiger partial charge on any atom is 0.0489 e. The summed E-state index contributed by atoms with van der Waals surface area (Å²) in [7, 11) is 0. The van der Waals surface area contributed by atoms with Gasteiger partial charge in [0.1, 0.15) is 0 Å². The Morgan fingerprint density at radius 2 is 2.28 bits per heavy atom. The van der Waals surface area contributed by atoms with Crippen LogP contribution in [0.3, 0.4) is 0 Å². The zero-order chi connectivity index (χ0) is 12.8. The van der Waals surface area contributed by atoms with Gasteiger partial charge in [-0.2, -0.15) is 5.10 Å². The van der Waals surface area contributed by atoms with Crippen molar-refractivity contribution in [1.29, 1.82) is 0 Å². The van der Waals surface area contributed by atoms with Crippen LogP contribution in [-0.4, -0.2) is 16.3 Å². The molecule has 0 aliphatic heterocycles. The summed E-state index contributed by atoms with van der Waals surface area (Å²) in [6, 6.07) is 8.44. The molecule has 0 fully saturated rings. The van der Waals surface area contributed by atoms with E-state index in [0.717, 1.165) is 26.1 Å². The van der Waals surface area contributed by atoms with Gasteiger partial charge in [-0.3, -0.25) is 4.68 Å². The fourth-order valence-electron chi connectivity index (χ4n) is 1.78. The van der Waals surface area contributed by atoms with Gasteiger partial charge in [0, 0.05) is 30.0 Å². The van der Waals surface area contributed by atoms with Crippen molar-refractivity contribution in [2.75, 3.05) is 6.54 Å². The lowest BCUT2D eigenvalue weighted by Crippen LogP contribution is -2.16. The van der Waals surface area contributed by atoms with Gasteiger partial charge in [0.15, 0.2) is 0 Å². The molecule has 0 aliphatic rings. The maximum absolute atomic E-state index is 4.18. The van der Waals surface area contributed by atoms with Crippen molar-refractivity contribution in [2.24, 2.45) is 0 Å². The van der Waals surface area contributed by atoms with Crippen molar-refractivity contribution in [1.82, 2.24) is 15.1 Å². The van der Waals surface area contributed by atoms with Gasteiger partial charge in [-0.05, 0) is 43.1 Å². The Balaban J connectivity index is 1.67. The van der Waals surface area contributed by atoms with Crippen LogP contribution >= 0.6 is 15.9 Å². The van der Waals surface area contributed by atoms with Gasteiger partial charge in [-0.15, -0.1) is 0 Å². The summed E-state index contributed by atoms with van der Waals surface area (Å²) in [5.41, 5.74) is 2.59. The molecule has 96 valence electrons. The lowest BCUT2D eigenvalue weighted by Gasteiger charge is -2.07. The molecule has 0 bridgehead atoms. The first-order chi connectivity index (χ1) is 8.75. The smallest absolute Gasteiger partial charge is 0.0489 e. The number of halogens is 1. The highest BCUT2D eigenvalue weighted by molar-refractivity contribution is 9.10. The number of nitrogens with zero attached hydrogens (tertiary/aromatic N) is 2. The topological polar surface area (TPSA) is 29.9 Å². The highest BCUT2D eigenvalue weighted by Crippen LogP contribution is 2.17. The SMILES string of the molecule is Cc1ccc(CNCCCn2cccn2)cc1Br. The van der Waals surface area contributed by atoms with Gasteiger partial charge in [-0.25, -0.2) is 0 Å². The zero-order valence-corrected chi connectivity index (χ0v) is 12.2. The van der Waals surface area contributed by atoms with Crippen LogP contribution in [0.25, 0.3) is 0 Å². The number of benzene rings is 1. The quantitative estimate of drug-likeness (QED) is 0.831. The molecule has 1 heterocycles. The molecule has 1 N–H and O–H groups in total. The Morgan fingerprint density at radius 1 is 1.39 bits per heavy atom. The Hall–Kier alpha value is -1.13. The first-order valence-corrected chi connectivity index (χ1v) is 6.98. The van der Waals surface area contributed by atoms with E-state index < -0.39 is 0 Å². The summed E-state index contributed by atoms with van der Waals surface area (Å²) < 4.78 is 3.14. The first kappa shape index (κ1) is 13.3. The van der Waals surface area contributed by atoms with Crippen molar-refractivity contribution in [3.8, 4) is 0 Å². The normalized spacial score (nSPS) is 10.8. The van der Waals surface area contributed by atoms with E-state index in [2.05, 4.69) is 51.5 Å². The van der Waals surface area contributed by atoms with Crippen LogP contribution in [0.1, 0.15) is 17.5 Å². The molecule has 2 aromatic rings. The van der Waals surface area contributed by atoms with Gasteiger partial charge < -0.3 is 5.32 Å². The minimum atomic E-state index is 0.915. The third-order valence-corrected chi connectivity index (χ3v) is 3.72.